The number of benzene rings is 1. The summed E-state index contributed by atoms with van der Waals surface area (Å²) in [5.74, 6) is 0.500. The van der Waals surface area contributed by atoms with Gasteiger partial charge in [-0.15, -0.1) is 11.6 Å². The summed E-state index contributed by atoms with van der Waals surface area (Å²) in [7, 11) is 0. The first-order chi connectivity index (χ1) is 8.19. The van der Waals surface area contributed by atoms with Crippen molar-refractivity contribution in [3.63, 3.8) is 0 Å². The van der Waals surface area contributed by atoms with Crippen LogP contribution in [0.4, 0.5) is 0 Å². The van der Waals surface area contributed by atoms with Gasteiger partial charge in [-0.05, 0) is 24.6 Å². The van der Waals surface area contributed by atoms with E-state index in [1.807, 2.05) is 31.2 Å². The predicted molar refractivity (Wildman–Crippen MR) is 72.9 cm³/mol. The fourth-order valence-electron chi connectivity index (χ4n) is 1.39. The van der Waals surface area contributed by atoms with E-state index in [0.29, 0.717) is 19.1 Å². The molecule has 0 fully saturated rings. The van der Waals surface area contributed by atoms with Gasteiger partial charge in [0.1, 0.15) is 0 Å². The second-order valence-corrected chi connectivity index (χ2v) is 4.59. The summed E-state index contributed by atoms with van der Waals surface area (Å²) < 4.78 is 11.7. The van der Waals surface area contributed by atoms with Crippen molar-refractivity contribution in [3.05, 3.63) is 34.3 Å². The third-order valence-electron chi connectivity index (χ3n) is 2.05. The highest BCUT2D eigenvalue weighted by molar-refractivity contribution is 9.10. The number of alkyl halides is 1. The summed E-state index contributed by atoms with van der Waals surface area (Å²) in [5.41, 5.74) is 0.878. The number of nitrogens with one attached hydrogen (secondary N) is 1. The highest BCUT2D eigenvalue weighted by Gasteiger charge is 2.19. The normalized spacial score (nSPS) is 12.2. The first kappa shape index (κ1) is 14.5. The van der Waals surface area contributed by atoms with Crippen LogP contribution in [-0.4, -0.2) is 25.0 Å². The number of hydrogen-bond donors (Lipinski definition) is 1. The lowest BCUT2D eigenvalue weighted by Gasteiger charge is -2.18. The first-order valence-corrected chi connectivity index (χ1v) is 6.66. The van der Waals surface area contributed by atoms with Gasteiger partial charge in [-0.25, -0.2) is 0 Å². The lowest BCUT2D eigenvalue weighted by molar-refractivity contribution is 0.0889. The summed E-state index contributed by atoms with van der Waals surface area (Å²) in [6, 6.07) is 7.63. The summed E-state index contributed by atoms with van der Waals surface area (Å²) in [6.45, 7) is 2.68. The summed E-state index contributed by atoms with van der Waals surface area (Å²) in [5, 5.41) is 7.83. The highest BCUT2D eigenvalue weighted by atomic mass is 79.9. The minimum atomic E-state index is -0.494. The second kappa shape index (κ2) is 7.69. The Morgan fingerprint density at radius 3 is 2.88 bits per heavy atom. The van der Waals surface area contributed by atoms with Crippen LogP contribution in [0.3, 0.4) is 0 Å². The molecule has 3 nitrogen and oxygen atoms in total. The Labute approximate surface area is 115 Å². The largest absolute Gasteiger partial charge is 0.479 e. The van der Waals surface area contributed by atoms with E-state index in [0.717, 1.165) is 10.0 Å². The van der Waals surface area contributed by atoms with Crippen molar-refractivity contribution < 1.29 is 9.47 Å². The van der Waals surface area contributed by atoms with E-state index in [1.165, 1.54) is 0 Å². The van der Waals surface area contributed by atoms with Gasteiger partial charge in [-0.1, -0.05) is 28.1 Å². The predicted octanol–water partition coefficient (Wildman–Crippen LogP) is 3.76. The fourth-order valence-corrected chi connectivity index (χ4v) is 1.89. The molecule has 0 saturated heterocycles. The van der Waals surface area contributed by atoms with Gasteiger partial charge >= 0.3 is 0 Å². The molecule has 0 aromatic heterocycles. The minimum absolute atomic E-state index is 0.107. The molecular formula is C12H15BrClNO2. The van der Waals surface area contributed by atoms with Crippen molar-refractivity contribution in [2.45, 2.75) is 13.0 Å². The first-order valence-electron chi connectivity index (χ1n) is 5.33. The lowest BCUT2D eigenvalue weighted by Crippen LogP contribution is -2.19. The quantitative estimate of drug-likeness (QED) is 0.492. The molecule has 0 spiro atoms. The molecule has 0 saturated carbocycles. The van der Waals surface area contributed by atoms with Crippen LogP contribution >= 0.6 is 27.5 Å². The molecule has 0 bridgehead atoms. The standard InChI is InChI=1S/C12H15BrClNO2/c1-2-16-12(15)11(17-7-6-14)9-4-3-5-10(13)8-9/h3-5,8,11,15H,2,6-7H2,1H3. The Bertz CT molecular complexity index is 373. The molecule has 0 radical (unpaired) electrons. The van der Waals surface area contributed by atoms with Crippen LogP contribution in [0.25, 0.3) is 0 Å². The molecule has 1 aromatic carbocycles. The third kappa shape index (κ3) is 4.66. The fraction of sp³-hybridized carbons (Fsp3) is 0.417. The lowest BCUT2D eigenvalue weighted by atomic mass is 10.1. The average Bonchev–Trinajstić information content (AvgIpc) is 2.30. The van der Waals surface area contributed by atoms with Crippen LogP contribution < -0.4 is 0 Å². The van der Waals surface area contributed by atoms with Crippen LogP contribution in [0.5, 0.6) is 0 Å². The van der Waals surface area contributed by atoms with E-state index < -0.39 is 6.10 Å². The Morgan fingerprint density at radius 1 is 1.53 bits per heavy atom. The maximum atomic E-state index is 7.83. The molecule has 17 heavy (non-hydrogen) atoms. The van der Waals surface area contributed by atoms with Crippen LogP contribution in [0, 0.1) is 5.41 Å². The third-order valence-corrected chi connectivity index (χ3v) is 2.70. The van der Waals surface area contributed by atoms with Crippen molar-refractivity contribution in [1.29, 1.82) is 5.41 Å². The van der Waals surface area contributed by atoms with Gasteiger partial charge in [0.2, 0.25) is 5.90 Å². The molecule has 1 rings (SSSR count). The Morgan fingerprint density at radius 2 is 2.29 bits per heavy atom. The maximum Gasteiger partial charge on any atom is 0.215 e. The summed E-state index contributed by atoms with van der Waals surface area (Å²) >= 11 is 8.99. The molecule has 1 atom stereocenters. The molecule has 0 aliphatic heterocycles. The topological polar surface area (TPSA) is 42.3 Å². The molecule has 1 aromatic rings. The smallest absolute Gasteiger partial charge is 0.215 e. The van der Waals surface area contributed by atoms with Gasteiger partial charge in [0, 0.05) is 10.4 Å². The molecule has 5 heteroatoms. The van der Waals surface area contributed by atoms with E-state index in [2.05, 4.69) is 15.9 Å². The van der Waals surface area contributed by atoms with Crippen molar-refractivity contribution in [2.24, 2.45) is 0 Å². The zero-order valence-corrected chi connectivity index (χ0v) is 11.9. The Balaban J connectivity index is 2.85. The number of halogens is 2. The molecule has 0 amide bonds. The number of hydrogen-bond acceptors (Lipinski definition) is 3. The van der Waals surface area contributed by atoms with Gasteiger partial charge in [-0.2, -0.15) is 0 Å². The van der Waals surface area contributed by atoms with Crippen LogP contribution in [-0.2, 0) is 9.47 Å². The van der Waals surface area contributed by atoms with Crippen LogP contribution in [0.1, 0.15) is 18.6 Å². The zero-order valence-electron chi connectivity index (χ0n) is 9.58. The molecule has 0 aliphatic rings. The summed E-state index contributed by atoms with van der Waals surface area (Å²) in [6.07, 6.45) is -0.494. The second-order valence-electron chi connectivity index (χ2n) is 3.29. The molecule has 1 N–H and O–H groups in total. The molecule has 1 unspecified atom stereocenters. The van der Waals surface area contributed by atoms with Crippen molar-refractivity contribution >= 4 is 33.4 Å². The van der Waals surface area contributed by atoms with Crippen LogP contribution in [0.15, 0.2) is 28.7 Å². The Hall–Kier alpha value is -0.580. The minimum Gasteiger partial charge on any atom is -0.479 e. The SMILES string of the molecule is CCOC(=N)C(OCCCl)c1cccc(Br)c1. The van der Waals surface area contributed by atoms with Gasteiger partial charge in [0.05, 0.1) is 13.2 Å². The van der Waals surface area contributed by atoms with E-state index in [-0.39, 0.29) is 5.90 Å². The Kier molecular flexibility index (Phi) is 6.55. The molecule has 94 valence electrons. The maximum absolute atomic E-state index is 7.83. The average molecular weight is 321 g/mol. The molecular weight excluding hydrogens is 305 g/mol. The number of rotatable bonds is 6. The van der Waals surface area contributed by atoms with Gasteiger partial charge in [0.15, 0.2) is 6.10 Å². The highest BCUT2D eigenvalue weighted by Crippen LogP contribution is 2.22. The van der Waals surface area contributed by atoms with E-state index >= 15 is 0 Å². The molecule has 0 heterocycles. The number of ether oxygens (including phenoxy) is 2. The van der Waals surface area contributed by atoms with Gasteiger partial charge in [0.25, 0.3) is 0 Å². The van der Waals surface area contributed by atoms with Crippen molar-refractivity contribution in [1.82, 2.24) is 0 Å². The van der Waals surface area contributed by atoms with E-state index in [1.54, 1.807) is 0 Å². The van der Waals surface area contributed by atoms with Crippen molar-refractivity contribution in [3.8, 4) is 0 Å². The van der Waals surface area contributed by atoms with Gasteiger partial charge < -0.3 is 9.47 Å². The monoisotopic (exact) mass is 319 g/mol. The van der Waals surface area contributed by atoms with E-state index in [4.69, 9.17) is 26.5 Å². The molecule has 0 aliphatic carbocycles. The van der Waals surface area contributed by atoms with Crippen molar-refractivity contribution in [2.75, 3.05) is 19.1 Å². The van der Waals surface area contributed by atoms with E-state index in [9.17, 15) is 0 Å². The van der Waals surface area contributed by atoms with Crippen LogP contribution in [0.2, 0.25) is 0 Å². The zero-order chi connectivity index (χ0) is 12.7. The summed E-state index contributed by atoms with van der Waals surface area (Å²) in [4.78, 5) is 0. The van der Waals surface area contributed by atoms with Gasteiger partial charge in [-0.3, -0.25) is 5.41 Å².